The van der Waals surface area contributed by atoms with E-state index in [1.54, 1.807) is 0 Å². The van der Waals surface area contributed by atoms with Crippen LogP contribution >= 0.6 is 0 Å². The van der Waals surface area contributed by atoms with Crippen molar-refractivity contribution in [1.82, 2.24) is 20.0 Å². The first-order valence-corrected chi connectivity index (χ1v) is 8.92. The standard InChI is InChI=1S/C20H30N4O/c1-6-23(4)14-18-9-7-8-17(12-18)13-21-20(25)11-10-19-15(2)22-24(5)16(19)3/h7-9,12H,6,10-11,13-14H2,1-5H3,(H,21,25). The minimum absolute atomic E-state index is 0.0822. The number of rotatable bonds is 8. The second kappa shape index (κ2) is 8.81. The molecule has 0 spiro atoms. The van der Waals surface area contributed by atoms with Gasteiger partial charge in [-0.25, -0.2) is 0 Å². The van der Waals surface area contributed by atoms with Gasteiger partial charge in [-0.3, -0.25) is 9.48 Å². The highest BCUT2D eigenvalue weighted by Gasteiger charge is 2.11. The lowest BCUT2D eigenvalue weighted by Gasteiger charge is -2.14. The fraction of sp³-hybridized carbons (Fsp3) is 0.500. The number of aromatic nitrogens is 2. The zero-order valence-corrected chi connectivity index (χ0v) is 16.1. The summed E-state index contributed by atoms with van der Waals surface area (Å²) in [5.74, 6) is 0.0822. The lowest BCUT2D eigenvalue weighted by atomic mass is 10.1. The van der Waals surface area contributed by atoms with Gasteiger partial charge in [0.1, 0.15) is 0 Å². The number of benzene rings is 1. The lowest BCUT2D eigenvalue weighted by Crippen LogP contribution is -2.23. The van der Waals surface area contributed by atoms with Crippen molar-refractivity contribution < 1.29 is 4.79 Å². The van der Waals surface area contributed by atoms with E-state index in [9.17, 15) is 4.79 Å². The Morgan fingerprint density at radius 3 is 2.64 bits per heavy atom. The summed E-state index contributed by atoms with van der Waals surface area (Å²) in [5.41, 5.74) is 5.75. The van der Waals surface area contributed by atoms with Crippen LogP contribution in [0, 0.1) is 13.8 Å². The Balaban J connectivity index is 1.84. The van der Waals surface area contributed by atoms with Crippen molar-refractivity contribution in [2.24, 2.45) is 7.05 Å². The highest BCUT2D eigenvalue weighted by Crippen LogP contribution is 2.14. The number of amides is 1. The molecule has 0 saturated carbocycles. The summed E-state index contributed by atoms with van der Waals surface area (Å²) < 4.78 is 1.88. The van der Waals surface area contributed by atoms with Crippen LogP contribution in [0.1, 0.15) is 41.4 Å². The van der Waals surface area contributed by atoms with Crippen LogP contribution in [-0.4, -0.2) is 34.2 Å². The van der Waals surface area contributed by atoms with E-state index in [2.05, 4.69) is 53.6 Å². The van der Waals surface area contributed by atoms with Crippen LogP contribution in [0.5, 0.6) is 0 Å². The Morgan fingerprint density at radius 2 is 2.00 bits per heavy atom. The molecule has 1 N–H and O–H groups in total. The SMILES string of the molecule is CCN(C)Cc1cccc(CNC(=O)CCc2c(C)nn(C)c2C)c1. The number of carbonyl (C=O) groups is 1. The molecule has 1 aromatic heterocycles. The molecule has 1 heterocycles. The van der Waals surface area contributed by atoms with Gasteiger partial charge >= 0.3 is 0 Å². The molecule has 0 aliphatic carbocycles. The minimum Gasteiger partial charge on any atom is -0.352 e. The van der Waals surface area contributed by atoms with Crippen LogP contribution < -0.4 is 5.32 Å². The Labute approximate surface area is 151 Å². The molecule has 2 rings (SSSR count). The van der Waals surface area contributed by atoms with Crippen molar-refractivity contribution in [2.45, 2.75) is 46.7 Å². The maximum atomic E-state index is 12.2. The third-order valence-electron chi connectivity index (χ3n) is 4.73. The fourth-order valence-electron chi connectivity index (χ4n) is 2.97. The van der Waals surface area contributed by atoms with Crippen LogP contribution in [-0.2, 0) is 31.4 Å². The van der Waals surface area contributed by atoms with Gasteiger partial charge in [0.15, 0.2) is 0 Å². The van der Waals surface area contributed by atoms with Gasteiger partial charge in [-0.2, -0.15) is 5.10 Å². The third kappa shape index (κ3) is 5.43. The summed E-state index contributed by atoms with van der Waals surface area (Å²) in [7, 11) is 4.05. The molecule has 0 atom stereocenters. The second-order valence-corrected chi connectivity index (χ2v) is 6.70. The van der Waals surface area contributed by atoms with Crippen LogP contribution in [0.25, 0.3) is 0 Å². The molecule has 0 bridgehead atoms. The smallest absolute Gasteiger partial charge is 0.220 e. The number of hydrogen-bond acceptors (Lipinski definition) is 3. The van der Waals surface area contributed by atoms with Gasteiger partial charge in [0.05, 0.1) is 5.69 Å². The summed E-state index contributed by atoms with van der Waals surface area (Å²) in [4.78, 5) is 14.4. The van der Waals surface area contributed by atoms with E-state index < -0.39 is 0 Å². The van der Waals surface area contributed by atoms with Crippen molar-refractivity contribution in [3.63, 3.8) is 0 Å². The fourth-order valence-corrected chi connectivity index (χ4v) is 2.97. The van der Waals surface area contributed by atoms with Crippen molar-refractivity contribution in [1.29, 1.82) is 0 Å². The highest BCUT2D eigenvalue weighted by molar-refractivity contribution is 5.76. The van der Waals surface area contributed by atoms with Crippen LogP contribution in [0.3, 0.4) is 0 Å². The van der Waals surface area contributed by atoms with Gasteiger partial charge in [-0.05, 0) is 50.6 Å². The molecule has 0 saturated heterocycles. The zero-order chi connectivity index (χ0) is 18.4. The maximum absolute atomic E-state index is 12.2. The molecule has 0 fully saturated rings. The van der Waals surface area contributed by atoms with E-state index in [1.807, 2.05) is 25.6 Å². The van der Waals surface area contributed by atoms with Gasteiger partial charge in [-0.15, -0.1) is 0 Å². The minimum atomic E-state index is 0.0822. The summed E-state index contributed by atoms with van der Waals surface area (Å²) in [6, 6.07) is 8.42. The van der Waals surface area contributed by atoms with E-state index in [0.717, 1.165) is 36.5 Å². The monoisotopic (exact) mass is 342 g/mol. The topological polar surface area (TPSA) is 50.2 Å². The second-order valence-electron chi connectivity index (χ2n) is 6.70. The molecule has 1 amide bonds. The number of nitrogens with one attached hydrogen (secondary N) is 1. The van der Waals surface area contributed by atoms with Crippen molar-refractivity contribution in [2.75, 3.05) is 13.6 Å². The molecule has 0 aliphatic heterocycles. The average Bonchev–Trinajstić information content (AvgIpc) is 2.83. The van der Waals surface area contributed by atoms with Gasteiger partial charge in [0.2, 0.25) is 5.91 Å². The Morgan fingerprint density at radius 1 is 1.28 bits per heavy atom. The van der Waals surface area contributed by atoms with Crippen LogP contribution in [0.15, 0.2) is 24.3 Å². The maximum Gasteiger partial charge on any atom is 0.220 e. The molecule has 136 valence electrons. The van der Waals surface area contributed by atoms with E-state index >= 15 is 0 Å². The Kier molecular flexibility index (Phi) is 6.76. The number of hydrogen-bond donors (Lipinski definition) is 1. The van der Waals surface area contributed by atoms with Crippen LogP contribution in [0.2, 0.25) is 0 Å². The Bertz CT molecular complexity index is 720. The average molecular weight is 342 g/mol. The summed E-state index contributed by atoms with van der Waals surface area (Å²) >= 11 is 0. The van der Waals surface area contributed by atoms with E-state index in [1.165, 1.54) is 11.1 Å². The first kappa shape index (κ1) is 19.2. The molecule has 0 radical (unpaired) electrons. The molecule has 0 aliphatic rings. The van der Waals surface area contributed by atoms with E-state index in [-0.39, 0.29) is 5.91 Å². The van der Waals surface area contributed by atoms with Gasteiger partial charge in [0, 0.05) is 32.3 Å². The van der Waals surface area contributed by atoms with Crippen molar-refractivity contribution >= 4 is 5.91 Å². The molecule has 5 nitrogen and oxygen atoms in total. The number of carbonyl (C=O) groups excluding carboxylic acids is 1. The van der Waals surface area contributed by atoms with Gasteiger partial charge < -0.3 is 10.2 Å². The molecule has 1 aromatic carbocycles. The summed E-state index contributed by atoms with van der Waals surface area (Å²) in [5, 5.41) is 7.43. The van der Waals surface area contributed by atoms with Crippen LogP contribution in [0.4, 0.5) is 0 Å². The summed E-state index contributed by atoms with van der Waals surface area (Å²) in [6.07, 6.45) is 1.23. The highest BCUT2D eigenvalue weighted by atomic mass is 16.1. The van der Waals surface area contributed by atoms with E-state index in [4.69, 9.17) is 0 Å². The lowest BCUT2D eigenvalue weighted by molar-refractivity contribution is -0.121. The van der Waals surface area contributed by atoms with Crippen molar-refractivity contribution in [3.8, 4) is 0 Å². The molecule has 5 heteroatoms. The first-order chi connectivity index (χ1) is 11.9. The van der Waals surface area contributed by atoms with Gasteiger partial charge in [0.25, 0.3) is 0 Å². The molecular weight excluding hydrogens is 312 g/mol. The predicted octanol–water partition coefficient (Wildman–Crippen LogP) is 2.74. The molecule has 0 unspecified atom stereocenters. The number of aryl methyl sites for hydroxylation is 2. The first-order valence-electron chi connectivity index (χ1n) is 8.92. The van der Waals surface area contributed by atoms with E-state index in [0.29, 0.717) is 13.0 Å². The van der Waals surface area contributed by atoms with Crippen molar-refractivity contribution in [3.05, 3.63) is 52.3 Å². The van der Waals surface area contributed by atoms with Gasteiger partial charge in [-0.1, -0.05) is 31.2 Å². The molecule has 2 aromatic rings. The predicted molar refractivity (Wildman–Crippen MR) is 101 cm³/mol. The summed E-state index contributed by atoms with van der Waals surface area (Å²) in [6.45, 7) is 8.72. The quantitative estimate of drug-likeness (QED) is 0.802. The third-order valence-corrected chi connectivity index (χ3v) is 4.73. The normalized spacial score (nSPS) is 11.1. The molecule has 25 heavy (non-hydrogen) atoms. The number of nitrogens with zero attached hydrogens (tertiary/aromatic N) is 3. The molecular formula is C20H30N4O. The largest absolute Gasteiger partial charge is 0.352 e. The zero-order valence-electron chi connectivity index (χ0n) is 16.1. The Hall–Kier alpha value is -2.14.